The van der Waals surface area contributed by atoms with E-state index < -0.39 is 0 Å². The molecule has 3 nitrogen and oxygen atoms in total. The van der Waals surface area contributed by atoms with Crippen molar-refractivity contribution < 1.29 is 4.79 Å². The molecule has 1 aliphatic heterocycles. The van der Waals surface area contributed by atoms with E-state index in [0.29, 0.717) is 0 Å². The number of benzene rings is 1. The normalized spacial score (nSPS) is 20.2. The molecular weight excluding hydrogens is 236 g/mol. The average molecular weight is 260 g/mol. The van der Waals surface area contributed by atoms with Crippen molar-refractivity contribution in [1.29, 1.82) is 0 Å². The number of anilines is 1. The van der Waals surface area contributed by atoms with Crippen LogP contribution in [0.3, 0.4) is 0 Å². The van der Waals surface area contributed by atoms with E-state index in [2.05, 4.69) is 29.3 Å². The lowest BCUT2D eigenvalue weighted by Gasteiger charge is -2.35. The van der Waals surface area contributed by atoms with Gasteiger partial charge in [-0.15, -0.1) is 0 Å². The second-order valence-electron chi connectivity index (χ2n) is 5.41. The maximum atomic E-state index is 11.0. The van der Waals surface area contributed by atoms with Gasteiger partial charge in [0, 0.05) is 25.2 Å². The Morgan fingerprint density at radius 2 is 2.05 bits per heavy atom. The molecule has 1 aromatic carbocycles. The van der Waals surface area contributed by atoms with Gasteiger partial charge in [-0.25, -0.2) is 0 Å². The van der Waals surface area contributed by atoms with E-state index >= 15 is 0 Å². The van der Waals surface area contributed by atoms with Crippen molar-refractivity contribution in [1.82, 2.24) is 4.90 Å². The number of carbonyl (C=O) groups is 1. The maximum Gasteiger partial charge on any atom is 0.221 e. The minimum Gasteiger partial charge on any atom is -0.326 e. The predicted molar refractivity (Wildman–Crippen MR) is 79.1 cm³/mol. The Labute approximate surface area is 116 Å². The summed E-state index contributed by atoms with van der Waals surface area (Å²) in [5, 5.41) is 2.80. The molecule has 2 rings (SSSR count). The minimum absolute atomic E-state index is 0.0187. The maximum absolute atomic E-state index is 11.0. The molecule has 0 spiro atoms. The van der Waals surface area contributed by atoms with E-state index in [4.69, 9.17) is 0 Å². The first kappa shape index (κ1) is 14.1. The lowest BCUT2D eigenvalue weighted by molar-refractivity contribution is -0.114. The molecule has 0 unspecified atom stereocenters. The van der Waals surface area contributed by atoms with Crippen LogP contribution in [0.4, 0.5) is 5.69 Å². The first-order valence-electron chi connectivity index (χ1n) is 7.29. The molecule has 3 heteroatoms. The third-order valence-electron chi connectivity index (χ3n) is 3.88. The molecule has 104 valence electrons. The van der Waals surface area contributed by atoms with Crippen LogP contribution in [-0.2, 0) is 11.3 Å². The molecular formula is C16H24N2O. The highest BCUT2D eigenvalue weighted by Gasteiger charge is 2.20. The molecule has 1 fully saturated rings. The number of piperidine rings is 1. The zero-order valence-electron chi connectivity index (χ0n) is 12.0. The molecule has 19 heavy (non-hydrogen) atoms. The van der Waals surface area contributed by atoms with Gasteiger partial charge in [0.1, 0.15) is 0 Å². The van der Waals surface area contributed by atoms with E-state index in [0.717, 1.165) is 18.3 Å². The van der Waals surface area contributed by atoms with Gasteiger partial charge in [-0.1, -0.05) is 25.5 Å². The number of nitrogens with one attached hydrogen (secondary N) is 1. The van der Waals surface area contributed by atoms with Crippen molar-refractivity contribution in [3.05, 3.63) is 29.8 Å². The molecule has 1 aliphatic rings. The molecule has 0 aliphatic carbocycles. The number of hydrogen-bond donors (Lipinski definition) is 1. The highest BCUT2D eigenvalue weighted by molar-refractivity contribution is 5.88. The number of amides is 1. The zero-order valence-corrected chi connectivity index (χ0v) is 12.0. The summed E-state index contributed by atoms with van der Waals surface area (Å²) in [6.45, 7) is 6.06. The fourth-order valence-corrected chi connectivity index (χ4v) is 2.86. The third kappa shape index (κ3) is 4.06. The summed E-state index contributed by atoms with van der Waals surface area (Å²) in [5.41, 5.74) is 2.20. The van der Waals surface area contributed by atoms with Crippen LogP contribution in [0.25, 0.3) is 0 Å². The number of carbonyl (C=O) groups excluding carboxylic acids is 1. The second kappa shape index (κ2) is 6.71. The van der Waals surface area contributed by atoms with E-state index in [9.17, 15) is 4.79 Å². The second-order valence-corrected chi connectivity index (χ2v) is 5.41. The van der Waals surface area contributed by atoms with Gasteiger partial charge < -0.3 is 5.32 Å². The number of rotatable bonds is 4. The third-order valence-corrected chi connectivity index (χ3v) is 3.88. The lowest BCUT2D eigenvalue weighted by atomic mass is 9.99. The molecule has 1 amide bonds. The van der Waals surface area contributed by atoms with Crippen molar-refractivity contribution in [3.63, 3.8) is 0 Å². The van der Waals surface area contributed by atoms with Gasteiger partial charge in [0.2, 0.25) is 5.91 Å². The Balaban J connectivity index is 1.96. The summed E-state index contributed by atoms with van der Waals surface area (Å²) in [7, 11) is 0. The zero-order chi connectivity index (χ0) is 13.7. The Morgan fingerprint density at radius 3 is 2.68 bits per heavy atom. The van der Waals surface area contributed by atoms with Crippen LogP contribution >= 0.6 is 0 Å². The molecule has 0 saturated carbocycles. The van der Waals surface area contributed by atoms with Gasteiger partial charge in [0.15, 0.2) is 0 Å². The van der Waals surface area contributed by atoms with Crippen LogP contribution in [0.2, 0.25) is 0 Å². The fraction of sp³-hybridized carbons (Fsp3) is 0.562. The number of hydrogen-bond acceptors (Lipinski definition) is 2. The van der Waals surface area contributed by atoms with Gasteiger partial charge in [-0.05, 0) is 43.5 Å². The molecule has 1 N–H and O–H groups in total. The number of likely N-dealkylation sites (tertiary alicyclic amines) is 1. The van der Waals surface area contributed by atoms with E-state index in [1.807, 2.05) is 12.1 Å². The van der Waals surface area contributed by atoms with Crippen LogP contribution < -0.4 is 5.32 Å². The number of nitrogens with zero attached hydrogens (tertiary/aromatic N) is 1. The standard InChI is InChI=1S/C16H24N2O/c1-3-16-6-4-5-11-18(16)12-14-7-9-15(10-8-14)17-13(2)19/h7-10,16H,3-6,11-12H2,1-2H3,(H,17,19)/t16-/m0/s1. The van der Waals surface area contributed by atoms with Gasteiger partial charge in [-0.3, -0.25) is 9.69 Å². The molecule has 0 radical (unpaired) electrons. The van der Waals surface area contributed by atoms with Crippen molar-refractivity contribution in [2.45, 2.75) is 52.1 Å². The van der Waals surface area contributed by atoms with Gasteiger partial charge in [-0.2, -0.15) is 0 Å². The van der Waals surface area contributed by atoms with Crippen LogP contribution in [0.5, 0.6) is 0 Å². The quantitative estimate of drug-likeness (QED) is 0.899. The average Bonchev–Trinajstić information content (AvgIpc) is 2.41. The van der Waals surface area contributed by atoms with Gasteiger partial charge >= 0.3 is 0 Å². The molecule has 1 atom stereocenters. The molecule has 1 saturated heterocycles. The fourth-order valence-electron chi connectivity index (χ4n) is 2.86. The van der Waals surface area contributed by atoms with E-state index in [1.165, 1.54) is 44.7 Å². The largest absolute Gasteiger partial charge is 0.326 e. The topological polar surface area (TPSA) is 32.3 Å². The Bertz CT molecular complexity index is 413. The van der Waals surface area contributed by atoms with Crippen LogP contribution in [-0.4, -0.2) is 23.4 Å². The van der Waals surface area contributed by atoms with E-state index in [-0.39, 0.29) is 5.91 Å². The molecule has 0 bridgehead atoms. The van der Waals surface area contributed by atoms with Crippen molar-refractivity contribution in [2.24, 2.45) is 0 Å². The highest BCUT2D eigenvalue weighted by atomic mass is 16.1. The molecule has 0 aromatic heterocycles. The lowest BCUT2D eigenvalue weighted by Crippen LogP contribution is -2.38. The summed E-state index contributed by atoms with van der Waals surface area (Å²) in [5.74, 6) is -0.0187. The summed E-state index contributed by atoms with van der Waals surface area (Å²) in [4.78, 5) is 13.6. The Morgan fingerprint density at radius 1 is 1.32 bits per heavy atom. The van der Waals surface area contributed by atoms with Crippen LogP contribution in [0.1, 0.15) is 45.1 Å². The summed E-state index contributed by atoms with van der Waals surface area (Å²) in [6.07, 6.45) is 5.27. The molecule has 1 aromatic rings. The SMILES string of the molecule is CC[C@H]1CCCCN1Cc1ccc(NC(C)=O)cc1. The summed E-state index contributed by atoms with van der Waals surface area (Å²) in [6, 6.07) is 8.95. The summed E-state index contributed by atoms with van der Waals surface area (Å²) >= 11 is 0. The first-order valence-corrected chi connectivity index (χ1v) is 7.29. The predicted octanol–water partition coefficient (Wildman–Crippen LogP) is 3.41. The van der Waals surface area contributed by atoms with Crippen molar-refractivity contribution >= 4 is 11.6 Å². The smallest absolute Gasteiger partial charge is 0.221 e. The highest BCUT2D eigenvalue weighted by Crippen LogP contribution is 2.22. The minimum atomic E-state index is -0.0187. The van der Waals surface area contributed by atoms with Crippen LogP contribution in [0, 0.1) is 0 Å². The Kier molecular flexibility index (Phi) is 4.97. The monoisotopic (exact) mass is 260 g/mol. The van der Waals surface area contributed by atoms with Gasteiger partial charge in [0.25, 0.3) is 0 Å². The summed E-state index contributed by atoms with van der Waals surface area (Å²) < 4.78 is 0. The first-order chi connectivity index (χ1) is 9.19. The van der Waals surface area contributed by atoms with Crippen molar-refractivity contribution in [3.8, 4) is 0 Å². The van der Waals surface area contributed by atoms with E-state index in [1.54, 1.807) is 0 Å². The van der Waals surface area contributed by atoms with Crippen LogP contribution in [0.15, 0.2) is 24.3 Å². The van der Waals surface area contributed by atoms with Crippen molar-refractivity contribution in [2.75, 3.05) is 11.9 Å². The Hall–Kier alpha value is -1.35. The van der Waals surface area contributed by atoms with Gasteiger partial charge in [0.05, 0.1) is 0 Å². The molecule has 1 heterocycles.